The van der Waals surface area contributed by atoms with E-state index in [0.717, 1.165) is 31.7 Å². The zero-order valence-electron chi connectivity index (χ0n) is 9.12. The predicted octanol–water partition coefficient (Wildman–Crippen LogP) is 0.739. The molecule has 1 N–H and O–H groups in total. The van der Waals surface area contributed by atoms with Gasteiger partial charge in [0.15, 0.2) is 0 Å². The zero-order valence-corrected chi connectivity index (χ0v) is 9.88. The first-order chi connectivity index (χ1) is 8.24. The summed E-state index contributed by atoms with van der Waals surface area (Å²) in [5.41, 5.74) is 0. The van der Waals surface area contributed by atoms with Crippen molar-refractivity contribution >= 4 is 23.2 Å². The predicted molar refractivity (Wildman–Crippen MR) is 63.2 cm³/mol. The van der Waals surface area contributed by atoms with Crippen LogP contribution >= 0.6 is 11.6 Å². The van der Waals surface area contributed by atoms with Gasteiger partial charge in [-0.1, -0.05) is 11.6 Å². The molecule has 1 fully saturated rings. The van der Waals surface area contributed by atoms with Crippen molar-refractivity contribution in [3.63, 3.8) is 0 Å². The Morgan fingerprint density at radius 2 is 2.12 bits per heavy atom. The lowest BCUT2D eigenvalue weighted by Crippen LogP contribution is -2.37. The Morgan fingerprint density at radius 3 is 2.88 bits per heavy atom. The molecule has 1 aliphatic heterocycles. The molecular formula is C10H12ClN5O. The summed E-state index contributed by atoms with van der Waals surface area (Å²) in [6.45, 7) is 1.58. The van der Waals surface area contributed by atoms with Gasteiger partial charge in [0.1, 0.15) is 17.3 Å². The highest BCUT2D eigenvalue weighted by Gasteiger charge is 2.20. The summed E-state index contributed by atoms with van der Waals surface area (Å²) in [7, 11) is 0. The first kappa shape index (κ1) is 10.7. The topological polar surface area (TPSA) is 66.5 Å². The van der Waals surface area contributed by atoms with E-state index in [2.05, 4.69) is 20.0 Å². The van der Waals surface area contributed by atoms with Gasteiger partial charge in [0.2, 0.25) is 0 Å². The lowest BCUT2D eigenvalue weighted by atomic mass is 10.1. The van der Waals surface area contributed by atoms with E-state index in [1.807, 2.05) is 0 Å². The third-order valence-corrected chi connectivity index (χ3v) is 3.18. The number of rotatable bonds is 1. The number of aromatic nitrogens is 4. The van der Waals surface area contributed by atoms with Crippen LogP contribution in [-0.2, 0) is 0 Å². The molecule has 17 heavy (non-hydrogen) atoms. The molecule has 0 bridgehead atoms. The summed E-state index contributed by atoms with van der Waals surface area (Å²) in [6, 6.07) is 1.78. The molecule has 7 heteroatoms. The Bertz CT molecular complexity index is 534. The third-order valence-electron chi connectivity index (χ3n) is 2.99. The Balaban J connectivity index is 2.01. The highest BCUT2D eigenvalue weighted by atomic mass is 35.5. The molecule has 0 unspecified atom stereocenters. The molecule has 0 saturated carbocycles. The normalized spacial score (nSPS) is 17.9. The van der Waals surface area contributed by atoms with Crippen LogP contribution in [0.25, 0.3) is 5.78 Å². The van der Waals surface area contributed by atoms with Gasteiger partial charge in [-0.3, -0.25) is 0 Å². The number of anilines is 1. The quantitative estimate of drug-likeness (QED) is 0.760. The summed E-state index contributed by atoms with van der Waals surface area (Å²) in [4.78, 5) is 10.3. The molecule has 2 aromatic heterocycles. The van der Waals surface area contributed by atoms with Crippen molar-refractivity contribution < 1.29 is 5.11 Å². The maximum Gasteiger partial charge on any atom is 0.255 e. The second-order valence-corrected chi connectivity index (χ2v) is 4.51. The van der Waals surface area contributed by atoms with Crippen molar-refractivity contribution in [1.82, 2.24) is 19.6 Å². The first-order valence-electron chi connectivity index (χ1n) is 5.53. The molecule has 2 aromatic rings. The molecule has 0 atom stereocenters. The minimum atomic E-state index is -0.199. The number of fused-ring (bicyclic) bond motifs is 1. The molecule has 90 valence electrons. The average molecular weight is 254 g/mol. The molecule has 3 rings (SSSR count). The van der Waals surface area contributed by atoms with Crippen LogP contribution in [0.15, 0.2) is 12.4 Å². The summed E-state index contributed by atoms with van der Waals surface area (Å²) >= 11 is 5.96. The van der Waals surface area contributed by atoms with Crippen molar-refractivity contribution in [3.8, 4) is 0 Å². The summed E-state index contributed by atoms with van der Waals surface area (Å²) in [5, 5.41) is 14.0. The van der Waals surface area contributed by atoms with Gasteiger partial charge in [0, 0.05) is 19.2 Å². The lowest BCUT2D eigenvalue weighted by molar-refractivity contribution is 0.145. The Kier molecular flexibility index (Phi) is 2.60. The Hall–Kier alpha value is -1.40. The monoisotopic (exact) mass is 253 g/mol. The van der Waals surface area contributed by atoms with Crippen molar-refractivity contribution in [2.24, 2.45) is 0 Å². The minimum absolute atomic E-state index is 0.199. The largest absolute Gasteiger partial charge is 0.393 e. The smallest absolute Gasteiger partial charge is 0.255 e. The average Bonchev–Trinajstić information content (AvgIpc) is 2.77. The maximum atomic E-state index is 9.50. The number of nitrogens with zero attached hydrogens (tertiary/aromatic N) is 5. The van der Waals surface area contributed by atoms with Gasteiger partial charge in [0.05, 0.1) is 6.10 Å². The fourth-order valence-corrected chi connectivity index (χ4v) is 2.26. The van der Waals surface area contributed by atoms with E-state index in [0.29, 0.717) is 10.9 Å². The molecule has 1 aliphatic rings. The van der Waals surface area contributed by atoms with Crippen molar-refractivity contribution in [3.05, 3.63) is 17.5 Å². The highest BCUT2D eigenvalue weighted by molar-refractivity contribution is 6.29. The van der Waals surface area contributed by atoms with Crippen LogP contribution in [0.3, 0.4) is 0 Å². The fourth-order valence-electron chi connectivity index (χ4n) is 2.09. The fraction of sp³-hybridized carbons (Fsp3) is 0.500. The Labute approximate surface area is 103 Å². The van der Waals surface area contributed by atoms with Gasteiger partial charge in [0.25, 0.3) is 5.78 Å². The van der Waals surface area contributed by atoms with Crippen molar-refractivity contribution in [2.75, 3.05) is 18.0 Å². The second kappa shape index (κ2) is 4.12. The van der Waals surface area contributed by atoms with E-state index in [9.17, 15) is 5.11 Å². The van der Waals surface area contributed by atoms with Crippen molar-refractivity contribution in [1.29, 1.82) is 0 Å². The second-order valence-electron chi connectivity index (χ2n) is 4.13. The SMILES string of the molecule is OC1CCN(c2cc(Cl)nc3ncnn23)CC1. The Morgan fingerprint density at radius 1 is 1.35 bits per heavy atom. The molecule has 6 nitrogen and oxygen atoms in total. The number of halogens is 1. The van der Waals surface area contributed by atoms with Crippen LogP contribution < -0.4 is 4.90 Å². The zero-order chi connectivity index (χ0) is 11.8. The number of hydrogen-bond acceptors (Lipinski definition) is 5. The minimum Gasteiger partial charge on any atom is -0.393 e. The van der Waals surface area contributed by atoms with Gasteiger partial charge >= 0.3 is 0 Å². The standard InChI is InChI=1S/C10H12ClN5O/c11-8-5-9(15-3-1-7(17)2-4-15)16-10(14-8)12-6-13-16/h5-7,17H,1-4H2. The molecule has 0 spiro atoms. The van der Waals surface area contributed by atoms with E-state index in [1.54, 1.807) is 10.6 Å². The van der Waals surface area contributed by atoms with Gasteiger partial charge in [-0.25, -0.2) is 0 Å². The first-order valence-corrected chi connectivity index (χ1v) is 5.91. The van der Waals surface area contributed by atoms with E-state index < -0.39 is 0 Å². The number of aliphatic hydroxyl groups is 1. The lowest BCUT2D eigenvalue weighted by Gasteiger charge is -2.31. The molecular weight excluding hydrogens is 242 g/mol. The molecule has 0 aliphatic carbocycles. The van der Waals surface area contributed by atoms with E-state index in [4.69, 9.17) is 11.6 Å². The van der Waals surface area contributed by atoms with Crippen LogP contribution in [0.2, 0.25) is 5.15 Å². The van der Waals surface area contributed by atoms with Gasteiger partial charge < -0.3 is 10.0 Å². The highest BCUT2D eigenvalue weighted by Crippen LogP contribution is 2.22. The molecule has 0 aromatic carbocycles. The van der Waals surface area contributed by atoms with Gasteiger partial charge in [-0.05, 0) is 12.8 Å². The van der Waals surface area contributed by atoms with Gasteiger partial charge in [-0.15, -0.1) is 0 Å². The summed E-state index contributed by atoms with van der Waals surface area (Å²) in [6.07, 6.45) is 2.78. The van der Waals surface area contributed by atoms with Crippen LogP contribution in [0.5, 0.6) is 0 Å². The maximum absolute atomic E-state index is 9.50. The van der Waals surface area contributed by atoms with Crippen LogP contribution in [0, 0.1) is 0 Å². The third kappa shape index (κ3) is 1.94. The molecule has 0 radical (unpaired) electrons. The summed E-state index contributed by atoms with van der Waals surface area (Å²) in [5.74, 6) is 1.38. The van der Waals surface area contributed by atoms with Crippen LogP contribution in [0.1, 0.15) is 12.8 Å². The van der Waals surface area contributed by atoms with E-state index in [-0.39, 0.29) is 6.10 Å². The van der Waals surface area contributed by atoms with Gasteiger partial charge in [-0.2, -0.15) is 19.6 Å². The van der Waals surface area contributed by atoms with Crippen LogP contribution in [0.4, 0.5) is 5.82 Å². The number of aliphatic hydroxyl groups excluding tert-OH is 1. The molecule has 0 amide bonds. The molecule has 1 saturated heterocycles. The molecule has 3 heterocycles. The summed E-state index contributed by atoms with van der Waals surface area (Å²) < 4.78 is 1.67. The number of piperidine rings is 1. The number of hydrogen-bond donors (Lipinski definition) is 1. The van der Waals surface area contributed by atoms with E-state index >= 15 is 0 Å². The van der Waals surface area contributed by atoms with Crippen molar-refractivity contribution in [2.45, 2.75) is 18.9 Å². The van der Waals surface area contributed by atoms with E-state index in [1.165, 1.54) is 6.33 Å². The van der Waals surface area contributed by atoms with Crippen LogP contribution in [-0.4, -0.2) is 43.9 Å².